The van der Waals surface area contributed by atoms with Crippen LogP contribution in [-0.2, 0) is 0 Å². The van der Waals surface area contributed by atoms with Crippen LogP contribution in [0.3, 0.4) is 0 Å². The fourth-order valence-corrected chi connectivity index (χ4v) is 11.1. The van der Waals surface area contributed by atoms with E-state index in [0.29, 0.717) is 0 Å². The SMILES string of the molecule is c1ccc(-c2cc3cc(-c4ccccc4)cc4c5cc6c(-c7ccccc7)c7c8cc9cccc%10ccc%11ccc(c7c(-c7ccccc7)c6cc5c(c2)c34)c8c%11c%109)cc1. The molecule has 14 aromatic carbocycles. The Morgan fingerprint density at radius 2 is 0.633 bits per heavy atom. The van der Waals surface area contributed by atoms with E-state index in [9.17, 15) is 0 Å². The summed E-state index contributed by atoms with van der Waals surface area (Å²) in [6.45, 7) is 0. The second-order valence-electron chi connectivity index (χ2n) is 16.7. The van der Waals surface area contributed by atoms with Gasteiger partial charge >= 0.3 is 0 Å². The highest BCUT2D eigenvalue weighted by atomic mass is 14.3. The first-order valence-corrected chi connectivity index (χ1v) is 21.0. The maximum Gasteiger partial charge on any atom is -0.000719 e. The van der Waals surface area contributed by atoms with Gasteiger partial charge in [0.2, 0.25) is 0 Å². The van der Waals surface area contributed by atoms with Crippen molar-refractivity contribution < 1.29 is 0 Å². The second kappa shape index (κ2) is 11.9. The molecule has 0 bridgehead atoms. The van der Waals surface area contributed by atoms with Crippen molar-refractivity contribution in [3.63, 3.8) is 0 Å². The van der Waals surface area contributed by atoms with Gasteiger partial charge in [0, 0.05) is 0 Å². The van der Waals surface area contributed by atoms with Gasteiger partial charge in [0.1, 0.15) is 0 Å². The molecule has 0 nitrogen and oxygen atoms in total. The molecule has 0 aliphatic heterocycles. The van der Waals surface area contributed by atoms with Crippen LogP contribution < -0.4 is 0 Å². The maximum absolute atomic E-state index is 2.56. The molecule has 0 spiro atoms. The van der Waals surface area contributed by atoms with Crippen molar-refractivity contribution in [2.75, 3.05) is 0 Å². The molecule has 60 heavy (non-hydrogen) atoms. The average molecular weight is 755 g/mol. The molecule has 0 saturated carbocycles. The Morgan fingerprint density at radius 3 is 1.18 bits per heavy atom. The Bertz CT molecular complexity index is 3990. The lowest BCUT2D eigenvalue weighted by molar-refractivity contribution is 1.65. The van der Waals surface area contributed by atoms with Crippen molar-refractivity contribution in [2.45, 2.75) is 0 Å². The molecule has 0 unspecified atom stereocenters. The summed E-state index contributed by atoms with van der Waals surface area (Å²) in [7, 11) is 0. The topological polar surface area (TPSA) is 0 Å². The Labute approximate surface area is 346 Å². The highest BCUT2D eigenvalue weighted by molar-refractivity contribution is 6.46. The summed E-state index contributed by atoms with van der Waals surface area (Å²) in [5.41, 5.74) is 10.0. The van der Waals surface area contributed by atoms with Gasteiger partial charge in [-0.3, -0.25) is 0 Å². The molecule has 0 atom stereocenters. The predicted molar refractivity (Wildman–Crippen MR) is 259 cm³/mol. The lowest BCUT2D eigenvalue weighted by Gasteiger charge is -2.17. The summed E-state index contributed by atoms with van der Waals surface area (Å²) >= 11 is 0. The van der Waals surface area contributed by atoms with E-state index in [1.54, 1.807) is 0 Å². The van der Waals surface area contributed by atoms with Crippen molar-refractivity contribution in [1.29, 1.82) is 0 Å². The zero-order valence-corrected chi connectivity index (χ0v) is 32.6. The van der Waals surface area contributed by atoms with Crippen molar-refractivity contribution in [3.05, 3.63) is 206 Å². The van der Waals surface area contributed by atoms with Gasteiger partial charge in [0.15, 0.2) is 0 Å². The predicted octanol–water partition coefficient (Wildman–Crippen LogP) is 17.0. The van der Waals surface area contributed by atoms with E-state index in [1.807, 2.05) is 0 Å². The summed E-state index contributed by atoms with van der Waals surface area (Å²) in [5.74, 6) is 0. The zero-order chi connectivity index (χ0) is 39.1. The molecule has 14 aromatic rings. The minimum absolute atomic E-state index is 1.23. The monoisotopic (exact) mass is 754 g/mol. The Balaban J connectivity index is 1.25. The molecule has 0 saturated heterocycles. The van der Waals surface area contributed by atoms with Gasteiger partial charge in [0.25, 0.3) is 0 Å². The van der Waals surface area contributed by atoms with Crippen LogP contribution in [0.15, 0.2) is 206 Å². The summed E-state index contributed by atoms with van der Waals surface area (Å²) in [4.78, 5) is 0. The summed E-state index contributed by atoms with van der Waals surface area (Å²) in [6, 6.07) is 77.6. The number of benzene rings is 12. The fourth-order valence-electron chi connectivity index (χ4n) is 11.1. The quantitative estimate of drug-likeness (QED) is 0.157. The standard InChI is InChI=1S/C60H34/c1-5-14-35(15-6-1)42-28-44-29-43(36-16-7-2-8-17-36)32-49-47-34-51-50(33-46(47)48(31-42)54(44)49)55(37-18-9-3-10-19-37)59-45-27-26-40-25-24-39-22-13-23-41-30-52(58(45)57(40)53(39)41)60(59)56(51)38-20-11-4-12-21-38/h1-34H. The Morgan fingerprint density at radius 1 is 0.167 bits per heavy atom. The number of hydrogen-bond acceptors (Lipinski definition) is 0. The summed E-state index contributed by atoms with van der Waals surface area (Å²) in [6.07, 6.45) is 0. The molecule has 0 aliphatic rings. The third-order valence-electron chi connectivity index (χ3n) is 13.6. The van der Waals surface area contributed by atoms with Gasteiger partial charge in [0.05, 0.1) is 0 Å². The van der Waals surface area contributed by atoms with Crippen LogP contribution in [0.5, 0.6) is 0 Å². The highest BCUT2D eigenvalue weighted by Crippen LogP contribution is 2.55. The van der Waals surface area contributed by atoms with Gasteiger partial charge in [-0.2, -0.15) is 0 Å². The van der Waals surface area contributed by atoms with Crippen LogP contribution in [0.2, 0.25) is 0 Å². The molecule has 0 aliphatic carbocycles. The van der Waals surface area contributed by atoms with Crippen molar-refractivity contribution >= 4 is 97.0 Å². The molecule has 0 amide bonds. The van der Waals surface area contributed by atoms with E-state index < -0.39 is 0 Å². The van der Waals surface area contributed by atoms with Crippen LogP contribution in [0, 0.1) is 0 Å². The van der Waals surface area contributed by atoms with E-state index in [-0.39, 0.29) is 0 Å². The molecule has 14 rings (SSSR count). The lowest BCUT2D eigenvalue weighted by Crippen LogP contribution is -1.90. The van der Waals surface area contributed by atoms with Crippen molar-refractivity contribution in [1.82, 2.24) is 0 Å². The molecular weight excluding hydrogens is 721 g/mol. The summed E-state index contributed by atoms with van der Waals surface area (Å²) < 4.78 is 0. The van der Waals surface area contributed by atoms with Crippen molar-refractivity contribution in [2.24, 2.45) is 0 Å². The van der Waals surface area contributed by atoms with Crippen molar-refractivity contribution in [3.8, 4) is 44.5 Å². The third kappa shape index (κ3) is 4.30. The van der Waals surface area contributed by atoms with Gasteiger partial charge in [-0.1, -0.05) is 164 Å². The minimum Gasteiger partial charge on any atom is -0.0622 e. The maximum atomic E-state index is 2.56. The molecule has 0 fully saturated rings. The third-order valence-corrected chi connectivity index (χ3v) is 13.6. The molecule has 0 aromatic heterocycles. The smallest absolute Gasteiger partial charge is 0.000719 e. The average Bonchev–Trinajstić information content (AvgIpc) is 3.81. The lowest BCUT2D eigenvalue weighted by atomic mass is 9.85. The number of rotatable bonds is 4. The van der Waals surface area contributed by atoms with Crippen LogP contribution in [0.1, 0.15) is 0 Å². The van der Waals surface area contributed by atoms with Crippen LogP contribution >= 0.6 is 0 Å². The van der Waals surface area contributed by atoms with Gasteiger partial charge < -0.3 is 0 Å². The van der Waals surface area contributed by atoms with Gasteiger partial charge in [-0.15, -0.1) is 0 Å². The largest absolute Gasteiger partial charge is 0.0622 e. The Hall–Kier alpha value is -7.80. The van der Waals surface area contributed by atoms with Crippen LogP contribution in [0.4, 0.5) is 0 Å². The highest BCUT2D eigenvalue weighted by Gasteiger charge is 2.27. The van der Waals surface area contributed by atoms with E-state index in [2.05, 4.69) is 206 Å². The molecular formula is C60H34. The molecule has 0 heteroatoms. The fraction of sp³-hybridized carbons (Fsp3) is 0. The van der Waals surface area contributed by atoms with E-state index in [0.717, 1.165) is 0 Å². The van der Waals surface area contributed by atoms with Gasteiger partial charge in [-0.25, -0.2) is 0 Å². The number of hydrogen-bond donors (Lipinski definition) is 0. The first kappa shape index (κ1) is 32.2. The molecule has 274 valence electrons. The van der Waals surface area contributed by atoms with E-state index in [4.69, 9.17) is 0 Å². The molecule has 0 heterocycles. The minimum atomic E-state index is 1.23. The molecule has 0 radical (unpaired) electrons. The van der Waals surface area contributed by atoms with Crippen LogP contribution in [-0.4, -0.2) is 0 Å². The van der Waals surface area contributed by atoms with E-state index in [1.165, 1.54) is 141 Å². The second-order valence-corrected chi connectivity index (χ2v) is 16.7. The first-order chi connectivity index (χ1) is 29.8. The van der Waals surface area contributed by atoms with Gasteiger partial charge in [-0.05, 0) is 184 Å². The zero-order valence-electron chi connectivity index (χ0n) is 32.6. The first-order valence-electron chi connectivity index (χ1n) is 21.0. The summed E-state index contributed by atoms with van der Waals surface area (Å²) in [5, 5.41) is 23.7. The molecule has 0 N–H and O–H groups in total. The number of fused-ring (bicyclic) bond motifs is 7. The van der Waals surface area contributed by atoms with Crippen LogP contribution in [0.25, 0.3) is 141 Å². The Kier molecular flexibility index (Phi) is 6.38. The van der Waals surface area contributed by atoms with E-state index >= 15 is 0 Å². The normalized spacial score (nSPS) is 12.3.